The molecule has 1 aliphatic carbocycles. The molecule has 1 fully saturated rings. The van der Waals surface area contributed by atoms with Crippen LogP contribution in [0.3, 0.4) is 0 Å². The molecule has 2 heteroatoms. The summed E-state index contributed by atoms with van der Waals surface area (Å²) in [4.78, 5) is 13.9. The van der Waals surface area contributed by atoms with Gasteiger partial charge in [-0.25, -0.2) is 0 Å². The zero-order valence-corrected chi connectivity index (χ0v) is 10.4. The SMILES string of the molecule is CC(=O)c1ccc2c(c1)C2CN1CCCCC1. The predicted molar refractivity (Wildman–Crippen MR) is 68.6 cm³/mol. The van der Waals surface area contributed by atoms with Crippen LogP contribution >= 0.6 is 0 Å². The van der Waals surface area contributed by atoms with Gasteiger partial charge in [-0.05, 0) is 50.0 Å². The van der Waals surface area contributed by atoms with E-state index in [1.165, 1.54) is 43.5 Å². The Hall–Kier alpha value is -1.15. The number of carbonyl (C=O) groups is 1. The highest BCUT2D eigenvalue weighted by atomic mass is 16.1. The standard InChI is InChI=1S/C15H19NO/c1-11(17)12-5-6-13-14(9-12)15(13)10-16-7-3-2-4-8-16/h5-6,9,15H,2-4,7-8,10H2,1H3. The van der Waals surface area contributed by atoms with Gasteiger partial charge in [-0.1, -0.05) is 18.6 Å². The van der Waals surface area contributed by atoms with Crippen LogP contribution < -0.4 is 0 Å². The maximum atomic E-state index is 11.3. The second-order valence-corrected chi connectivity index (χ2v) is 5.31. The average Bonchev–Trinajstić information content (AvgIpc) is 3.03. The number of piperidine rings is 1. The van der Waals surface area contributed by atoms with Crippen molar-refractivity contribution in [1.82, 2.24) is 4.90 Å². The monoisotopic (exact) mass is 229 g/mol. The molecule has 0 aromatic heterocycles. The number of rotatable bonds is 3. The van der Waals surface area contributed by atoms with Crippen LogP contribution in [0.4, 0.5) is 0 Å². The Bertz CT molecular complexity index is 446. The topological polar surface area (TPSA) is 20.3 Å². The lowest BCUT2D eigenvalue weighted by molar-refractivity contribution is 0.101. The molecule has 90 valence electrons. The third kappa shape index (κ3) is 2.14. The maximum Gasteiger partial charge on any atom is 0.159 e. The van der Waals surface area contributed by atoms with Crippen molar-refractivity contribution in [2.75, 3.05) is 19.6 Å². The summed E-state index contributed by atoms with van der Waals surface area (Å²) in [6.07, 6.45) is 4.09. The first-order chi connectivity index (χ1) is 8.25. The molecule has 1 aliphatic heterocycles. The van der Waals surface area contributed by atoms with Gasteiger partial charge < -0.3 is 4.90 Å². The first-order valence-electron chi connectivity index (χ1n) is 6.63. The molecule has 17 heavy (non-hydrogen) atoms. The van der Waals surface area contributed by atoms with Gasteiger partial charge in [0.15, 0.2) is 5.78 Å². The Morgan fingerprint density at radius 2 is 2.00 bits per heavy atom. The lowest BCUT2D eigenvalue weighted by Gasteiger charge is -2.26. The molecular formula is C15H19NO. The normalized spacial score (nSPS) is 23.2. The summed E-state index contributed by atoms with van der Waals surface area (Å²) in [5.41, 5.74) is 3.73. The van der Waals surface area contributed by atoms with Crippen LogP contribution in [0.5, 0.6) is 0 Å². The van der Waals surface area contributed by atoms with E-state index in [0.29, 0.717) is 5.92 Å². The number of ketones is 1. The Balaban J connectivity index is 1.65. The fourth-order valence-electron chi connectivity index (χ4n) is 2.92. The van der Waals surface area contributed by atoms with Gasteiger partial charge in [-0.2, -0.15) is 0 Å². The van der Waals surface area contributed by atoms with Crippen LogP contribution in [0.1, 0.15) is 53.6 Å². The molecule has 0 radical (unpaired) electrons. The molecule has 0 bridgehead atoms. The Kier molecular flexibility index (Phi) is 2.75. The minimum Gasteiger partial charge on any atom is -0.302 e. The molecule has 1 heterocycles. The Morgan fingerprint density at radius 1 is 1.24 bits per heavy atom. The van der Waals surface area contributed by atoms with Crippen molar-refractivity contribution in [2.24, 2.45) is 0 Å². The first-order valence-corrected chi connectivity index (χ1v) is 6.63. The molecule has 0 N–H and O–H groups in total. The van der Waals surface area contributed by atoms with Crippen molar-refractivity contribution >= 4 is 5.78 Å². The fraction of sp³-hybridized carbons (Fsp3) is 0.533. The van der Waals surface area contributed by atoms with E-state index in [4.69, 9.17) is 0 Å². The fourth-order valence-corrected chi connectivity index (χ4v) is 2.92. The summed E-state index contributed by atoms with van der Waals surface area (Å²) in [6.45, 7) is 5.31. The first kappa shape index (κ1) is 11.0. The molecule has 1 aromatic carbocycles. The highest BCUT2D eigenvalue weighted by molar-refractivity contribution is 5.94. The van der Waals surface area contributed by atoms with Gasteiger partial charge in [-0.3, -0.25) is 4.79 Å². The largest absolute Gasteiger partial charge is 0.302 e. The Labute approximate surface area is 103 Å². The van der Waals surface area contributed by atoms with E-state index < -0.39 is 0 Å². The van der Waals surface area contributed by atoms with Crippen LogP contribution in [-0.2, 0) is 0 Å². The second kappa shape index (κ2) is 4.26. The quantitative estimate of drug-likeness (QED) is 0.743. The number of fused-ring (bicyclic) bond motifs is 1. The molecule has 1 saturated heterocycles. The van der Waals surface area contributed by atoms with E-state index >= 15 is 0 Å². The summed E-state index contributed by atoms with van der Waals surface area (Å²) in [7, 11) is 0. The van der Waals surface area contributed by atoms with Crippen LogP contribution in [0.2, 0.25) is 0 Å². The van der Waals surface area contributed by atoms with Crippen molar-refractivity contribution in [3.8, 4) is 0 Å². The number of likely N-dealkylation sites (tertiary alicyclic amines) is 1. The smallest absolute Gasteiger partial charge is 0.159 e. The van der Waals surface area contributed by atoms with Crippen molar-refractivity contribution in [3.05, 3.63) is 34.9 Å². The molecule has 0 spiro atoms. The molecule has 2 nitrogen and oxygen atoms in total. The second-order valence-electron chi connectivity index (χ2n) is 5.31. The van der Waals surface area contributed by atoms with Crippen molar-refractivity contribution in [2.45, 2.75) is 32.1 Å². The number of carbonyl (C=O) groups excluding carboxylic acids is 1. The van der Waals surface area contributed by atoms with Crippen molar-refractivity contribution in [3.63, 3.8) is 0 Å². The van der Waals surface area contributed by atoms with Gasteiger partial charge in [0.25, 0.3) is 0 Å². The van der Waals surface area contributed by atoms with E-state index in [1.54, 1.807) is 6.92 Å². The average molecular weight is 229 g/mol. The highest BCUT2D eigenvalue weighted by Gasteiger charge is 2.34. The summed E-state index contributed by atoms with van der Waals surface area (Å²) >= 11 is 0. The number of hydrogen-bond donors (Lipinski definition) is 0. The summed E-state index contributed by atoms with van der Waals surface area (Å²) in [6, 6.07) is 6.20. The summed E-state index contributed by atoms with van der Waals surface area (Å²) < 4.78 is 0. The zero-order valence-electron chi connectivity index (χ0n) is 10.4. The molecule has 0 amide bonds. The predicted octanol–water partition coefficient (Wildman–Crippen LogP) is 2.82. The Morgan fingerprint density at radius 3 is 2.71 bits per heavy atom. The number of benzene rings is 1. The number of Topliss-reactive ketones (excluding diaryl/α,β-unsaturated/α-hetero) is 1. The van der Waals surface area contributed by atoms with Crippen LogP contribution in [-0.4, -0.2) is 30.3 Å². The van der Waals surface area contributed by atoms with Gasteiger partial charge in [-0.15, -0.1) is 0 Å². The highest BCUT2D eigenvalue weighted by Crippen LogP contribution is 2.44. The number of nitrogens with zero attached hydrogens (tertiary/aromatic N) is 1. The number of hydrogen-bond acceptors (Lipinski definition) is 2. The maximum absolute atomic E-state index is 11.3. The van der Waals surface area contributed by atoms with Gasteiger partial charge in [0.2, 0.25) is 0 Å². The van der Waals surface area contributed by atoms with Gasteiger partial charge in [0.1, 0.15) is 0 Å². The minimum atomic E-state index is 0.177. The molecule has 3 rings (SSSR count). The third-order valence-corrected chi connectivity index (χ3v) is 4.05. The molecule has 1 atom stereocenters. The summed E-state index contributed by atoms with van der Waals surface area (Å²) in [5.74, 6) is 0.789. The van der Waals surface area contributed by atoms with Crippen molar-refractivity contribution < 1.29 is 4.79 Å². The molecule has 1 unspecified atom stereocenters. The molecule has 0 saturated carbocycles. The van der Waals surface area contributed by atoms with Gasteiger partial charge in [0.05, 0.1) is 0 Å². The summed E-state index contributed by atoms with van der Waals surface area (Å²) in [5, 5.41) is 0. The van der Waals surface area contributed by atoms with E-state index in [2.05, 4.69) is 17.0 Å². The van der Waals surface area contributed by atoms with E-state index in [1.807, 2.05) is 6.07 Å². The third-order valence-electron chi connectivity index (χ3n) is 4.05. The zero-order chi connectivity index (χ0) is 11.8. The van der Waals surface area contributed by atoms with Crippen LogP contribution in [0, 0.1) is 0 Å². The van der Waals surface area contributed by atoms with Gasteiger partial charge >= 0.3 is 0 Å². The van der Waals surface area contributed by atoms with Crippen LogP contribution in [0.15, 0.2) is 18.2 Å². The van der Waals surface area contributed by atoms with E-state index in [0.717, 1.165) is 12.1 Å². The van der Waals surface area contributed by atoms with Crippen LogP contribution in [0.25, 0.3) is 0 Å². The van der Waals surface area contributed by atoms with Crippen molar-refractivity contribution in [1.29, 1.82) is 0 Å². The molecule has 1 aromatic rings. The molecular weight excluding hydrogens is 210 g/mol. The lowest BCUT2D eigenvalue weighted by Crippen LogP contribution is -2.31. The van der Waals surface area contributed by atoms with E-state index in [-0.39, 0.29) is 5.78 Å². The van der Waals surface area contributed by atoms with Gasteiger partial charge in [0, 0.05) is 18.0 Å². The molecule has 2 aliphatic rings. The van der Waals surface area contributed by atoms with E-state index in [9.17, 15) is 4.79 Å². The lowest BCUT2D eigenvalue weighted by atomic mass is 10.1. The minimum absolute atomic E-state index is 0.177.